The summed E-state index contributed by atoms with van der Waals surface area (Å²) in [7, 11) is 1.67. The van der Waals surface area contributed by atoms with Crippen LogP contribution < -0.4 is 10.1 Å². The predicted molar refractivity (Wildman–Crippen MR) is 67.3 cm³/mol. The maximum absolute atomic E-state index is 9.23. The number of rotatable bonds is 4. The molecule has 0 spiro atoms. The lowest BCUT2D eigenvalue weighted by atomic mass is 10.0. The van der Waals surface area contributed by atoms with E-state index in [2.05, 4.69) is 5.32 Å². The van der Waals surface area contributed by atoms with E-state index >= 15 is 0 Å². The topological polar surface area (TPSA) is 41.5 Å². The summed E-state index contributed by atoms with van der Waals surface area (Å²) >= 11 is 0. The van der Waals surface area contributed by atoms with Crippen LogP contribution in [0.15, 0.2) is 12.1 Å². The Labute approximate surface area is 97.4 Å². The van der Waals surface area contributed by atoms with Crippen LogP contribution in [-0.4, -0.2) is 24.4 Å². The third-order valence-corrected chi connectivity index (χ3v) is 2.61. The van der Waals surface area contributed by atoms with Crippen LogP contribution in [0.5, 0.6) is 5.75 Å². The van der Waals surface area contributed by atoms with Gasteiger partial charge >= 0.3 is 0 Å². The van der Waals surface area contributed by atoms with Crippen molar-refractivity contribution in [1.29, 1.82) is 0 Å². The van der Waals surface area contributed by atoms with Gasteiger partial charge in [0.2, 0.25) is 0 Å². The first-order chi connectivity index (χ1) is 7.39. The number of nitrogens with one attached hydrogen (secondary N) is 1. The molecule has 0 unspecified atom stereocenters. The van der Waals surface area contributed by atoms with Crippen molar-refractivity contribution in [3.8, 4) is 5.75 Å². The number of anilines is 1. The summed E-state index contributed by atoms with van der Waals surface area (Å²) in [4.78, 5) is 0. The van der Waals surface area contributed by atoms with E-state index < -0.39 is 0 Å². The van der Waals surface area contributed by atoms with Gasteiger partial charge in [-0.3, -0.25) is 0 Å². The lowest BCUT2D eigenvalue weighted by molar-refractivity contribution is 0.234. The van der Waals surface area contributed by atoms with Crippen molar-refractivity contribution in [3.63, 3.8) is 0 Å². The van der Waals surface area contributed by atoms with Crippen LogP contribution in [0.1, 0.15) is 25.0 Å². The van der Waals surface area contributed by atoms with Crippen molar-refractivity contribution in [2.75, 3.05) is 19.0 Å². The Bertz CT molecular complexity index is 372. The van der Waals surface area contributed by atoms with Gasteiger partial charge in [-0.15, -0.1) is 0 Å². The standard InChI is InChI=1S/C13H21NO2/c1-9-7-12(16-5)10(2)6-11(9)14-13(3,4)8-15/h6-7,14-15H,8H2,1-5H3. The van der Waals surface area contributed by atoms with Gasteiger partial charge in [-0.2, -0.15) is 0 Å². The smallest absolute Gasteiger partial charge is 0.122 e. The molecule has 0 amide bonds. The van der Waals surface area contributed by atoms with Gasteiger partial charge in [-0.1, -0.05) is 0 Å². The van der Waals surface area contributed by atoms with Crippen molar-refractivity contribution < 1.29 is 9.84 Å². The first-order valence-corrected chi connectivity index (χ1v) is 5.44. The van der Waals surface area contributed by atoms with Crippen LogP contribution >= 0.6 is 0 Å². The van der Waals surface area contributed by atoms with Gasteiger partial charge in [-0.05, 0) is 51.0 Å². The van der Waals surface area contributed by atoms with Crippen molar-refractivity contribution in [2.24, 2.45) is 0 Å². The molecular weight excluding hydrogens is 202 g/mol. The predicted octanol–water partition coefficient (Wildman–Crippen LogP) is 2.49. The van der Waals surface area contributed by atoms with Crippen molar-refractivity contribution in [1.82, 2.24) is 0 Å². The molecule has 1 aromatic carbocycles. The Hall–Kier alpha value is -1.22. The summed E-state index contributed by atoms with van der Waals surface area (Å²) < 4.78 is 5.26. The average Bonchev–Trinajstić information content (AvgIpc) is 2.22. The monoisotopic (exact) mass is 223 g/mol. The molecule has 0 atom stereocenters. The molecule has 0 aliphatic carbocycles. The molecule has 0 aromatic heterocycles. The van der Waals surface area contributed by atoms with E-state index in [0.717, 1.165) is 22.6 Å². The van der Waals surface area contributed by atoms with Gasteiger partial charge in [0, 0.05) is 5.69 Å². The molecule has 2 N–H and O–H groups in total. The Morgan fingerprint density at radius 1 is 1.25 bits per heavy atom. The van der Waals surface area contributed by atoms with Crippen molar-refractivity contribution in [2.45, 2.75) is 33.2 Å². The number of ether oxygens (including phenoxy) is 1. The summed E-state index contributed by atoms with van der Waals surface area (Å²) in [5.41, 5.74) is 2.93. The minimum atomic E-state index is -0.314. The number of methoxy groups -OCH3 is 1. The first kappa shape index (κ1) is 12.8. The molecule has 16 heavy (non-hydrogen) atoms. The molecule has 0 fully saturated rings. The minimum Gasteiger partial charge on any atom is -0.496 e. The van der Waals surface area contributed by atoms with Crippen LogP contribution in [0, 0.1) is 13.8 Å². The van der Waals surface area contributed by atoms with E-state index in [9.17, 15) is 5.11 Å². The highest BCUT2D eigenvalue weighted by molar-refractivity contribution is 5.58. The van der Waals surface area contributed by atoms with Gasteiger partial charge in [0.15, 0.2) is 0 Å². The molecule has 0 saturated heterocycles. The van der Waals surface area contributed by atoms with Gasteiger partial charge in [0.1, 0.15) is 5.75 Å². The summed E-state index contributed by atoms with van der Waals surface area (Å²) in [6.45, 7) is 8.06. The second-order valence-corrected chi connectivity index (χ2v) is 4.80. The SMILES string of the molecule is COc1cc(C)c(NC(C)(C)CO)cc1C. The third-order valence-electron chi connectivity index (χ3n) is 2.61. The van der Waals surface area contributed by atoms with Gasteiger partial charge < -0.3 is 15.2 Å². The molecule has 3 heteroatoms. The maximum atomic E-state index is 9.23. The lowest BCUT2D eigenvalue weighted by Crippen LogP contribution is -2.35. The number of aliphatic hydroxyl groups is 1. The third kappa shape index (κ3) is 2.89. The number of hydrogen-bond donors (Lipinski definition) is 2. The van der Waals surface area contributed by atoms with E-state index in [4.69, 9.17) is 4.74 Å². The zero-order chi connectivity index (χ0) is 12.3. The lowest BCUT2D eigenvalue weighted by Gasteiger charge is -2.26. The normalized spacial score (nSPS) is 11.4. The van der Waals surface area contributed by atoms with Crippen LogP contribution in [0.4, 0.5) is 5.69 Å². The summed E-state index contributed by atoms with van der Waals surface area (Å²) in [6, 6.07) is 4.05. The molecule has 0 radical (unpaired) electrons. The Kier molecular flexibility index (Phi) is 3.81. The van der Waals surface area contributed by atoms with Crippen LogP contribution in [0.25, 0.3) is 0 Å². The molecule has 0 heterocycles. The van der Waals surface area contributed by atoms with Crippen LogP contribution in [-0.2, 0) is 0 Å². The van der Waals surface area contributed by atoms with Crippen LogP contribution in [0.2, 0.25) is 0 Å². The van der Waals surface area contributed by atoms with Crippen molar-refractivity contribution >= 4 is 5.69 Å². The fourth-order valence-corrected chi connectivity index (χ4v) is 1.55. The summed E-state index contributed by atoms with van der Waals surface area (Å²) in [5.74, 6) is 0.893. The average molecular weight is 223 g/mol. The molecule has 1 aromatic rings. The van der Waals surface area contributed by atoms with E-state index in [0.29, 0.717) is 0 Å². The van der Waals surface area contributed by atoms with E-state index in [1.807, 2.05) is 39.8 Å². The molecule has 1 rings (SSSR count). The molecule has 0 bridgehead atoms. The van der Waals surface area contributed by atoms with E-state index in [-0.39, 0.29) is 12.1 Å². The van der Waals surface area contributed by atoms with Crippen LogP contribution in [0.3, 0.4) is 0 Å². The van der Waals surface area contributed by atoms with Gasteiger partial charge in [0.25, 0.3) is 0 Å². The molecule has 0 aliphatic rings. The Morgan fingerprint density at radius 2 is 1.88 bits per heavy atom. The summed E-state index contributed by atoms with van der Waals surface area (Å²) in [6.07, 6.45) is 0. The second-order valence-electron chi connectivity index (χ2n) is 4.80. The van der Waals surface area contributed by atoms with Crippen molar-refractivity contribution in [3.05, 3.63) is 23.3 Å². The molecule has 0 aliphatic heterocycles. The Morgan fingerprint density at radius 3 is 2.38 bits per heavy atom. The highest BCUT2D eigenvalue weighted by Crippen LogP contribution is 2.27. The summed E-state index contributed by atoms with van der Waals surface area (Å²) in [5, 5.41) is 12.6. The minimum absolute atomic E-state index is 0.0948. The van der Waals surface area contributed by atoms with Gasteiger partial charge in [-0.25, -0.2) is 0 Å². The zero-order valence-electron chi connectivity index (χ0n) is 10.7. The second kappa shape index (κ2) is 4.74. The van der Waals surface area contributed by atoms with E-state index in [1.165, 1.54) is 0 Å². The molecular formula is C13H21NO2. The molecule has 0 saturated carbocycles. The van der Waals surface area contributed by atoms with E-state index in [1.54, 1.807) is 7.11 Å². The fourth-order valence-electron chi connectivity index (χ4n) is 1.55. The Balaban J connectivity index is 3.02. The highest BCUT2D eigenvalue weighted by Gasteiger charge is 2.17. The quantitative estimate of drug-likeness (QED) is 0.824. The fraction of sp³-hybridized carbons (Fsp3) is 0.538. The number of benzene rings is 1. The number of aryl methyl sites for hydroxylation is 2. The number of hydrogen-bond acceptors (Lipinski definition) is 3. The molecule has 90 valence electrons. The zero-order valence-corrected chi connectivity index (χ0v) is 10.7. The maximum Gasteiger partial charge on any atom is 0.122 e. The largest absolute Gasteiger partial charge is 0.496 e. The first-order valence-electron chi connectivity index (χ1n) is 5.44. The number of aliphatic hydroxyl groups excluding tert-OH is 1. The molecule has 3 nitrogen and oxygen atoms in total. The highest BCUT2D eigenvalue weighted by atomic mass is 16.5. The van der Waals surface area contributed by atoms with Gasteiger partial charge in [0.05, 0.1) is 19.3 Å².